The van der Waals surface area contributed by atoms with Gasteiger partial charge in [0.15, 0.2) is 0 Å². The zero-order chi connectivity index (χ0) is 39.5. The van der Waals surface area contributed by atoms with Crippen LogP contribution >= 0.6 is 0 Å². The highest BCUT2D eigenvalue weighted by atomic mass is 15.1. The third-order valence-electron chi connectivity index (χ3n) is 12.4. The summed E-state index contributed by atoms with van der Waals surface area (Å²) in [6, 6.07) is 79.8. The molecule has 1 aromatic heterocycles. The fraction of sp³-hybridized carbons (Fsp3) is 0.0526. The van der Waals surface area contributed by atoms with Crippen LogP contribution in [0.1, 0.15) is 25.0 Å². The largest absolute Gasteiger partial charge is 0.310 e. The summed E-state index contributed by atoms with van der Waals surface area (Å²) in [4.78, 5) is 2.43. The number of rotatable bonds is 7. The Bertz CT molecular complexity index is 3170. The lowest BCUT2D eigenvalue weighted by Gasteiger charge is -2.29. The number of hydrogen-bond acceptors (Lipinski definition) is 1. The maximum Gasteiger partial charge on any atom is 0.0547 e. The molecule has 1 aliphatic carbocycles. The van der Waals surface area contributed by atoms with E-state index in [1.807, 2.05) is 0 Å². The van der Waals surface area contributed by atoms with E-state index in [9.17, 15) is 0 Å². The second-order valence-corrected chi connectivity index (χ2v) is 16.2. The zero-order valence-corrected chi connectivity index (χ0v) is 33.2. The van der Waals surface area contributed by atoms with E-state index < -0.39 is 0 Å². The Balaban J connectivity index is 1.02. The maximum absolute atomic E-state index is 2.43. The summed E-state index contributed by atoms with van der Waals surface area (Å²) < 4.78 is 2.41. The van der Waals surface area contributed by atoms with Gasteiger partial charge < -0.3 is 9.47 Å². The van der Waals surface area contributed by atoms with Crippen LogP contribution in [0.25, 0.3) is 72.0 Å². The minimum Gasteiger partial charge on any atom is -0.310 e. The highest BCUT2D eigenvalue weighted by Crippen LogP contribution is 2.51. The Labute approximate surface area is 345 Å². The van der Waals surface area contributed by atoms with Crippen molar-refractivity contribution >= 4 is 38.9 Å². The van der Waals surface area contributed by atoms with Gasteiger partial charge in [-0.1, -0.05) is 172 Å². The van der Waals surface area contributed by atoms with Gasteiger partial charge in [0.2, 0.25) is 0 Å². The summed E-state index contributed by atoms with van der Waals surface area (Å²) in [6.45, 7) is 4.71. The fourth-order valence-electron chi connectivity index (χ4n) is 9.48. The molecule has 0 N–H and O–H groups in total. The molecule has 10 aromatic rings. The van der Waals surface area contributed by atoms with E-state index in [-0.39, 0.29) is 5.41 Å². The molecule has 0 saturated heterocycles. The number of fused-ring (bicyclic) bond motifs is 6. The fourth-order valence-corrected chi connectivity index (χ4v) is 9.48. The molecule has 1 heterocycles. The number of anilines is 3. The van der Waals surface area contributed by atoms with Gasteiger partial charge in [0.25, 0.3) is 0 Å². The molecule has 59 heavy (non-hydrogen) atoms. The predicted molar refractivity (Wildman–Crippen MR) is 249 cm³/mol. The van der Waals surface area contributed by atoms with Gasteiger partial charge in [-0.05, 0) is 111 Å². The Morgan fingerprint density at radius 1 is 0.356 bits per heavy atom. The van der Waals surface area contributed by atoms with Crippen LogP contribution in [-0.2, 0) is 5.41 Å². The molecular weight excluding hydrogens is 713 g/mol. The van der Waals surface area contributed by atoms with Crippen LogP contribution in [0.15, 0.2) is 218 Å². The first-order chi connectivity index (χ1) is 29.0. The predicted octanol–water partition coefficient (Wildman–Crippen LogP) is 15.6. The summed E-state index contributed by atoms with van der Waals surface area (Å²) in [6.07, 6.45) is 0. The van der Waals surface area contributed by atoms with Gasteiger partial charge in [-0.25, -0.2) is 0 Å². The lowest BCUT2D eigenvalue weighted by atomic mass is 9.82. The third-order valence-corrected chi connectivity index (χ3v) is 12.4. The van der Waals surface area contributed by atoms with Gasteiger partial charge in [-0.2, -0.15) is 0 Å². The summed E-state index contributed by atoms with van der Waals surface area (Å²) in [5.41, 5.74) is 19.4. The van der Waals surface area contributed by atoms with Crippen LogP contribution in [0.3, 0.4) is 0 Å². The van der Waals surface area contributed by atoms with Gasteiger partial charge in [0.1, 0.15) is 0 Å². The molecule has 0 radical (unpaired) electrons. The molecule has 0 fully saturated rings. The van der Waals surface area contributed by atoms with E-state index in [4.69, 9.17) is 0 Å². The van der Waals surface area contributed by atoms with Gasteiger partial charge in [0.05, 0.1) is 16.7 Å². The number of nitrogens with zero attached hydrogens (tertiary/aromatic N) is 2. The first kappa shape index (κ1) is 34.8. The van der Waals surface area contributed by atoms with Crippen molar-refractivity contribution in [3.8, 4) is 50.2 Å². The lowest BCUT2D eigenvalue weighted by Crippen LogP contribution is -2.16. The second-order valence-electron chi connectivity index (χ2n) is 16.2. The van der Waals surface area contributed by atoms with E-state index in [0.29, 0.717) is 0 Å². The smallest absolute Gasteiger partial charge is 0.0547 e. The summed E-state index contributed by atoms with van der Waals surface area (Å²) in [5, 5.41) is 2.50. The van der Waals surface area contributed by atoms with Crippen LogP contribution < -0.4 is 4.90 Å². The maximum atomic E-state index is 2.43. The lowest BCUT2D eigenvalue weighted by molar-refractivity contribution is 0.660. The van der Waals surface area contributed by atoms with E-state index in [2.05, 4.69) is 242 Å². The summed E-state index contributed by atoms with van der Waals surface area (Å²) in [5.74, 6) is 0. The molecule has 0 bridgehead atoms. The second kappa shape index (κ2) is 13.9. The molecular formula is C57H42N2. The van der Waals surface area contributed by atoms with Gasteiger partial charge in [-0.15, -0.1) is 0 Å². The standard InChI is InChI=1S/C57H42N2/c1-57(2)52-25-12-9-23-48(52)49-35-33-46(38-53(49)57)58(44-20-7-4-8-21-44)54-26-13-10-22-47(54)43-19-15-18-41(36-43)42-30-34-51-50-24-11-14-27-55(50)59(56(51)37-42)45-31-28-40(29-32-45)39-16-5-3-6-17-39/h3-38H,1-2H3. The van der Waals surface area contributed by atoms with Crippen molar-refractivity contribution in [2.45, 2.75) is 19.3 Å². The number of benzene rings is 9. The molecule has 280 valence electrons. The molecule has 0 amide bonds. The highest BCUT2D eigenvalue weighted by Gasteiger charge is 2.36. The van der Waals surface area contributed by atoms with Crippen molar-refractivity contribution in [1.29, 1.82) is 0 Å². The van der Waals surface area contributed by atoms with Crippen LogP contribution in [0.2, 0.25) is 0 Å². The number of aromatic nitrogens is 1. The average molecular weight is 755 g/mol. The molecule has 0 atom stereocenters. The highest BCUT2D eigenvalue weighted by molar-refractivity contribution is 6.10. The van der Waals surface area contributed by atoms with Crippen molar-refractivity contribution in [2.75, 3.05) is 4.90 Å². The Morgan fingerprint density at radius 3 is 1.78 bits per heavy atom. The molecule has 0 saturated carbocycles. The zero-order valence-electron chi connectivity index (χ0n) is 33.2. The molecule has 1 aliphatic rings. The number of para-hydroxylation sites is 3. The van der Waals surface area contributed by atoms with E-state index in [1.54, 1.807) is 0 Å². The topological polar surface area (TPSA) is 8.17 Å². The molecule has 2 nitrogen and oxygen atoms in total. The van der Waals surface area contributed by atoms with Gasteiger partial charge in [-0.3, -0.25) is 0 Å². The Kier molecular flexibility index (Phi) is 8.20. The summed E-state index contributed by atoms with van der Waals surface area (Å²) in [7, 11) is 0. The SMILES string of the molecule is CC1(C)c2ccccc2-c2ccc(N(c3ccccc3)c3ccccc3-c3cccc(-c4ccc5c6ccccc6n(-c6ccc(-c7ccccc7)cc6)c5c4)c3)cc21. The molecule has 11 rings (SSSR count). The minimum atomic E-state index is -0.101. The molecule has 9 aromatic carbocycles. The van der Waals surface area contributed by atoms with Crippen molar-refractivity contribution < 1.29 is 0 Å². The van der Waals surface area contributed by atoms with Crippen LogP contribution in [0, 0.1) is 0 Å². The van der Waals surface area contributed by atoms with E-state index in [0.717, 1.165) is 22.7 Å². The molecule has 2 heteroatoms. The van der Waals surface area contributed by atoms with Crippen molar-refractivity contribution in [2.24, 2.45) is 0 Å². The van der Waals surface area contributed by atoms with Gasteiger partial charge in [0, 0.05) is 38.8 Å². The Morgan fingerprint density at radius 2 is 0.949 bits per heavy atom. The van der Waals surface area contributed by atoms with Crippen LogP contribution in [0.4, 0.5) is 17.1 Å². The first-order valence-electron chi connectivity index (χ1n) is 20.5. The van der Waals surface area contributed by atoms with E-state index >= 15 is 0 Å². The Hall–Kier alpha value is -7.42. The minimum absolute atomic E-state index is 0.101. The van der Waals surface area contributed by atoms with Crippen molar-refractivity contribution in [1.82, 2.24) is 4.57 Å². The van der Waals surface area contributed by atoms with Crippen molar-refractivity contribution in [3.63, 3.8) is 0 Å². The normalized spacial score (nSPS) is 12.7. The van der Waals surface area contributed by atoms with Gasteiger partial charge >= 0.3 is 0 Å². The third kappa shape index (κ3) is 5.79. The monoisotopic (exact) mass is 754 g/mol. The van der Waals surface area contributed by atoms with E-state index in [1.165, 1.54) is 77.4 Å². The quantitative estimate of drug-likeness (QED) is 0.157. The first-order valence-corrected chi connectivity index (χ1v) is 20.5. The van der Waals surface area contributed by atoms with Crippen molar-refractivity contribution in [3.05, 3.63) is 230 Å². The van der Waals surface area contributed by atoms with Crippen LogP contribution in [0.5, 0.6) is 0 Å². The summed E-state index contributed by atoms with van der Waals surface area (Å²) >= 11 is 0. The van der Waals surface area contributed by atoms with Crippen LogP contribution in [-0.4, -0.2) is 4.57 Å². The molecule has 0 unspecified atom stereocenters. The number of hydrogen-bond donors (Lipinski definition) is 0. The average Bonchev–Trinajstić information content (AvgIpc) is 3.75. The molecule has 0 spiro atoms. The molecule has 0 aliphatic heterocycles.